The molecule has 2 unspecified atom stereocenters. The van der Waals surface area contributed by atoms with Crippen molar-refractivity contribution in [3.8, 4) is 11.8 Å². The summed E-state index contributed by atoms with van der Waals surface area (Å²) in [5, 5.41) is 14.4. The molecule has 1 amide bonds. The van der Waals surface area contributed by atoms with Crippen molar-refractivity contribution in [1.82, 2.24) is 25.0 Å². The van der Waals surface area contributed by atoms with E-state index in [-0.39, 0.29) is 23.1 Å². The SMILES string of the molecule is C=C1CC(n2c(C)nnc2C(C)C)CCN1CC[C@H](NC(=O)C1CCCCC1)C1C#CC(C)=CS1. The van der Waals surface area contributed by atoms with Gasteiger partial charge in [-0.25, -0.2) is 0 Å². The molecule has 0 spiro atoms. The Hall–Kier alpha value is -2.20. The van der Waals surface area contributed by atoms with E-state index in [4.69, 9.17) is 0 Å². The van der Waals surface area contributed by atoms with Gasteiger partial charge in [0.05, 0.1) is 11.3 Å². The Bertz CT molecular complexity index is 1010. The number of aromatic nitrogens is 3. The van der Waals surface area contributed by atoms with E-state index in [1.165, 1.54) is 25.0 Å². The predicted molar refractivity (Wildman–Crippen MR) is 144 cm³/mol. The van der Waals surface area contributed by atoms with Crippen molar-refractivity contribution in [3.05, 3.63) is 34.9 Å². The molecule has 0 radical (unpaired) electrons. The van der Waals surface area contributed by atoms with Crippen LogP contribution in [0.3, 0.4) is 0 Å². The summed E-state index contributed by atoms with van der Waals surface area (Å²) in [5.74, 6) is 9.44. The third kappa shape index (κ3) is 6.33. The number of rotatable bonds is 8. The highest BCUT2D eigenvalue weighted by molar-refractivity contribution is 8.03. The molecule has 1 N–H and O–H groups in total. The molecule has 7 heteroatoms. The number of carbonyl (C=O) groups excluding carboxylic acids is 1. The normalized spacial score (nSPS) is 24.1. The lowest BCUT2D eigenvalue weighted by Gasteiger charge is -2.38. The maximum absolute atomic E-state index is 13.1. The van der Waals surface area contributed by atoms with Crippen LogP contribution in [-0.4, -0.2) is 50.0 Å². The Morgan fingerprint density at radius 3 is 2.66 bits per heavy atom. The highest BCUT2D eigenvalue weighted by Gasteiger charge is 2.30. The second-order valence-corrected chi connectivity index (χ2v) is 11.7. The number of hydrogen-bond acceptors (Lipinski definition) is 5. The molecule has 1 saturated heterocycles. The summed E-state index contributed by atoms with van der Waals surface area (Å²) in [6.45, 7) is 14.7. The summed E-state index contributed by atoms with van der Waals surface area (Å²) in [6.07, 6.45) is 8.48. The maximum Gasteiger partial charge on any atom is 0.223 e. The fourth-order valence-electron chi connectivity index (χ4n) is 5.57. The van der Waals surface area contributed by atoms with Crippen molar-refractivity contribution >= 4 is 17.7 Å². The molecule has 190 valence electrons. The number of amides is 1. The van der Waals surface area contributed by atoms with Crippen LogP contribution in [0.4, 0.5) is 0 Å². The highest BCUT2D eigenvalue weighted by atomic mass is 32.2. The van der Waals surface area contributed by atoms with Gasteiger partial charge in [0.25, 0.3) is 0 Å². The molecular weight excluding hydrogens is 454 g/mol. The van der Waals surface area contributed by atoms with Crippen LogP contribution in [-0.2, 0) is 4.79 Å². The summed E-state index contributed by atoms with van der Waals surface area (Å²) in [4.78, 5) is 15.5. The average Bonchev–Trinajstić information content (AvgIpc) is 3.25. The summed E-state index contributed by atoms with van der Waals surface area (Å²) in [7, 11) is 0. The lowest BCUT2D eigenvalue weighted by Crippen LogP contribution is -2.46. The van der Waals surface area contributed by atoms with Crippen LogP contribution < -0.4 is 5.32 Å². The van der Waals surface area contributed by atoms with Crippen LogP contribution in [0.1, 0.15) is 95.7 Å². The highest BCUT2D eigenvalue weighted by Crippen LogP contribution is 2.33. The Balaban J connectivity index is 1.38. The number of thioether (sulfide) groups is 1. The van der Waals surface area contributed by atoms with E-state index in [0.29, 0.717) is 12.0 Å². The molecule has 1 saturated carbocycles. The zero-order valence-electron chi connectivity index (χ0n) is 21.8. The minimum atomic E-state index is 0.0458. The molecule has 3 aliphatic rings. The van der Waals surface area contributed by atoms with Gasteiger partial charge >= 0.3 is 0 Å². The van der Waals surface area contributed by atoms with E-state index < -0.39 is 0 Å². The number of aryl methyl sites for hydroxylation is 1. The second kappa shape index (κ2) is 11.7. The van der Waals surface area contributed by atoms with Gasteiger partial charge in [-0.1, -0.05) is 51.5 Å². The Labute approximate surface area is 215 Å². The number of likely N-dealkylation sites (tertiary alicyclic amines) is 1. The van der Waals surface area contributed by atoms with Gasteiger partial charge in [0.15, 0.2) is 0 Å². The first kappa shape index (κ1) is 25.9. The first-order valence-electron chi connectivity index (χ1n) is 13.3. The molecule has 4 rings (SSSR count). The zero-order valence-corrected chi connectivity index (χ0v) is 22.7. The van der Waals surface area contributed by atoms with E-state index in [1.807, 2.05) is 13.8 Å². The van der Waals surface area contributed by atoms with Gasteiger partial charge in [0.1, 0.15) is 11.6 Å². The minimum absolute atomic E-state index is 0.0458. The van der Waals surface area contributed by atoms with Gasteiger partial charge in [-0.2, -0.15) is 0 Å². The van der Waals surface area contributed by atoms with Crippen LogP contribution in [0.25, 0.3) is 0 Å². The number of piperidine rings is 1. The van der Waals surface area contributed by atoms with Crippen molar-refractivity contribution in [3.63, 3.8) is 0 Å². The Morgan fingerprint density at radius 2 is 2.00 bits per heavy atom. The first-order valence-corrected chi connectivity index (χ1v) is 14.3. The molecule has 2 aliphatic heterocycles. The van der Waals surface area contributed by atoms with Gasteiger partial charge in [0, 0.05) is 48.7 Å². The van der Waals surface area contributed by atoms with Crippen LogP contribution in [0.15, 0.2) is 23.3 Å². The third-order valence-corrected chi connectivity index (χ3v) is 8.84. The summed E-state index contributed by atoms with van der Waals surface area (Å²) < 4.78 is 2.32. The van der Waals surface area contributed by atoms with Crippen LogP contribution in [0.2, 0.25) is 0 Å². The fourth-order valence-corrected chi connectivity index (χ4v) is 6.50. The predicted octanol–water partition coefficient (Wildman–Crippen LogP) is 5.34. The number of carbonyl (C=O) groups is 1. The number of nitrogens with zero attached hydrogens (tertiary/aromatic N) is 4. The lowest BCUT2D eigenvalue weighted by molar-refractivity contribution is -0.126. The van der Waals surface area contributed by atoms with Gasteiger partial charge in [0.2, 0.25) is 5.91 Å². The molecule has 35 heavy (non-hydrogen) atoms. The maximum atomic E-state index is 13.1. The monoisotopic (exact) mass is 495 g/mol. The number of hydrogen-bond donors (Lipinski definition) is 1. The summed E-state index contributed by atoms with van der Waals surface area (Å²) in [6, 6.07) is 0.408. The van der Waals surface area contributed by atoms with Gasteiger partial charge in [-0.05, 0) is 44.9 Å². The van der Waals surface area contributed by atoms with Crippen LogP contribution >= 0.6 is 11.8 Å². The Kier molecular flexibility index (Phi) is 8.64. The van der Waals surface area contributed by atoms with E-state index >= 15 is 0 Å². The fraction of sp³-hybridized carbons (Fsp3) is 0.679. The second-order valence-electron chi connectivity index (χ2n) is 10.7. The minimum Gasteiger partial charge on any atom is -0.375 e. The molecule has 3 atom stereocenters. The van der Waals surface area contributed by atoms with Crippen molar-refractivity contribution in [2.24, 2.45) is 5.92 Å². The lowest BCUT2D eigenvalue weighted by atomic mass is 9.88. The first-order chi connectivity index (χ1) is 16.8. The zero-order chi connectivity index (χ0) is 24.9. The topological polar surface area (TPSA) is 63.1 Å². The molecule has 2 fully saturated rings. The van der Waals surface area contributed by atoms with E-state index in [0.717, 1.165) is 62.4 Å². The van der Waals surface area contributed by atoms with E-state index in [9.17, 15) is 4.79 Å². The molecule has 3 heterocycles. The summed E-state index contributed by atoms with van der Waals surface area (Å²) >= 11 is 1.75. The van der Waals surface area contributed by atoms with Gasteiger partial charge in [-0.3, -0.25) is 4.79 Å². The van der Waals surface area contributed by atoms with E-state index in [1.54, 1.807) is 11.8 Å². The third-order valence-electron chi connectivity index (χ3n) is 7.61. The van der Waals surface area contributed by atoms with Crippen molar-refractivity contribution in [2.45, 2.75) is 102 Å². The molecule has 0 aromatic carbocycles. The van der Waals surface area contributed by atoms with Crippen LogP contribution in [0, 0.1) is 24.7 Å². The Morgan fingerprint density at radius 1 is 1.23 bits per heavy atom. The molecule has 1 aromatic rings. The number of allylic oxidation sites excluding steroid dienone is 2. The summed E-state index contributed by atoms with van der Waals surface area (Å²) in [5.41, 5.74) is 2.27. The van der Waals surface area contributed by atoms with Gasteiger partial charge in [-0.15, -0.1) is 22.0 Å². The van der Waals surface area contributed by atoms with Crippen molar-refractivity contribution < 1.29 is 4.79 Å². The molecular formula is C28H41N5OS. The van der Waals surface area contributed by atoms with Crippen molar-refractivity contribution in [2.75, 3.05) is 13.1 Å². The van der Waals surface area contributed by atoms with E-state index in [2.05, 4.69) is 62.7 Å². The van der Waals surface area contributed by atoms with Gasteiger partial charge < -0.3 is 14.8 Å². The molecule has 6 nitrogen and oxygen atoms in total. The molecule has 1 aliphatic carbocycles. The van der Waals surface area contributed by atoms with Crippen LogP contribution in [0.5, 0.6) is 0 Å². The quantitative estimate of drug-likeness (QED) is 0.493. The smallest absolute Gasteiger partial charge is 0.223 e. The average molecular weight is 496 g/mol. The number of nitrogens with one attached hydrogen (secondary N) is 1. The van der Waals surface area contributed by atoms with Crippen molar-refractivity contribution in [1.29, 1.82) is 0 Å². The largest absolute Gasteiger partial charge is 0.375 e. The molecule has 1 aromatic heterocycles. The molecule has 0 bridgehead atoms. The standard InChI is InChI=1S/C28H41N5OS/c1-19(2)27-31-30-22(5)33(27)24-13-15-32(21(4)17-24)16-14-25(26-12-11-20(3)18-35-26)29-28(34)23-9-7-6-8-10-23/h18-19,23-26H,4,6-10,13-17H2,1-3,5H3,(H,29,34)/t24?,25-,26?/m0/s1.